The van der Waals surface area contributed by atoms with Crippen LogP contribution in [0, 0.1) is 16.0 Å². The first kappa shape index (κ1) is 42.0. The summed E-state index contributed by atoms with van der Waals surface area (Å²) in [5, 5.41) is 35.6. The van der Waals surface area contributed by atoms with Crippen LogP contribution in [-0.2, 0) is 28.2 Å². The number of aliphatic hydroxyl groups excluding tert-OH is 1. The van der Waals surface area contributed by atoms with E-state index in [1.807, 2.05) is 67.7 Å². The summed E-state index contributed by atoms with van der Waals surface area (Å²) >= 11 is 0. The van der Waals surface area contributed by atoms with E-state index in [-0.39, 0.29) is 42.1 Å². The van der Waals surface area contributed by atoms with E-state index < -0.39 is 30.6 Å². The fourth-order valence-electron chi connectivity index (χ4n) is 9.45. The third kappa shape index (κ3) is 7.74. The van der Waals surface area contributed by atoms with Crippen LogP contribution in [0.5, 0.6) is 5.75 Å². The van der Waals surface area contributed by atoms with Crippen molar-refractivity contribution >= 4 is 47.8 Å². The molecule has 5 aromatic carbocycles. The number of hydrogen-bond acceptors (Lipinski definition) is 10. The minimum Gasteiger partial charge on any atom is -0.497 e. The quantitative estimate of drug-likeness (QED) is 0.0446. The number of carbonyl (C=O) groups is 2. The number of nitrogens with zero attached hydrogens (tertiary/aromatic N) is 5. The van der Waals surface area contributed by atoms with Crippen LogP contribution < -0.4 is 25.9 Å². The fraction of sp³-hybridized carbons (Fsp3) is 0.277. The predicted molar refractivity (Wildman–Crippen MR) is 239 cm³/mol. The Bertz CT molecular complexity index is 2590. The van der Waals surface area contributed by atoms with E-state index in [1.54, 1.807) is 59.2 Å². The lowest BCUT2D eigenvalue weighted by atomic mass is 9.82. The second-order valence-electron chi connectivity index (χ2n) is 16.6. The number of amides is 2. The molecule has 4 N–H and O–H groups in total. The zero-order chi connectivity index (χ0) is 43.8. The van der Waals surface area contributed by atoms with Gasteiger partial charge < -0.3 is 30.5 Å². The molecule has 318 valence electrons. The third-order valence-electron chi connectivity index (χ3n) is 12.7. The molecule has 5 atom stereocenters. The van der Waals surface area contributed by atoms with Gasteiger partial charge >= 0.3 is 0 Å². The lowest BCUT2D eigenvalue weighted by Crippen LogP contribution is -2.51. The van der Waals surface area contributed by atoms with Gasteiger partial charge in [-0.1, -0.05) is 85.0 Å². The van der Waals surface area contributed by atoms with E-state index in [9.17, 15) is 20.0 Å². The molecule has 2 aliphatic heterocycles. The summed E-state index contributed by atoms with van der Waals surface area (Å²) in [6, 6.07) is 36.2. The van der Waals surface area contributed by atoms with Crippen LogP contribution in [0.4, 0.5) is 22.7 Å². The number of ether oxygens (including phenoxy) is 2. The lowest BCUT2D eigenvalue weighted by molar-refractivity contribution is -0.385. The normalized spacial score (nSPS) is 20.0. The number of nitrogens with two attached hydrogens (primary N) is 1. The van der Waals surface area contributed by atoms with Crippen molar-refractivity contribution in [2.24, 2.45) is 5.92 Å². The van der Waals surface area contributed by atoms with Crippen molar-refractivity contribution in [2.75, 3.05) is 29.7 Å². The molecule has 1 aromatic heterocycles. The fourth-order valence-corrected chi connectivity index (χ4v) is 13.5. The molecule has 0 bridgehead atoms. The van der Waals surface area contributed by atoms with Gasteiger partial charge in [0.15, 0.2) is 5.60 Å². The van der Waals surface area contributed by atoms with Crippen molar-refractivity contribution in [1.29, 1.82) is 0 Å². The molecule has 0 aliphatic carbocycles. The highest BCUT2D eigenvalue weighted by molar-refractivity contribution is 6.91. The minimum atomic E-state index is -2.54. The Balaban J connectivity index is 1.12. The zero-order valence-electron chi connectivity index (χ0n) is 35.0. The number of nitrogens with one attached hydrogen (secondary N) is 1. The highest BCUT2D eigenvalue weighted by Gasteiger charge is 2.66. The number of hydrogen-bond donors (Lipinski definition) is 3. The van der Waals surface area contributed by atoms with Gasteiger partial charge in [-0.3, -0.25) is 24.4 Å². The van der Waals surface area contributed by atoms with Gasteiger partial charge in [-0.05, 0) is 77.7 Å². The number of aliphatic hydroxyl groups is 1. The van der Waals surface area contributed by atoms with Gasteiger partial charge in [0.05, 0.1) is 56.7 Å². The molecule has 0 radical (unpaired) electrons. The van der Waals surface area contributed by atoms with Gasteiger partial charge in [0.1, 0.15) is 5.75 Å². The van der Waals surface area contributed by atoms with Gasteiger partial charge in [-0.25, -0.2) is 0 Å². The second kappa shape index (κ2) is 17.0. The summed E-state index contributed by atoms with van der Waals surface area (Å²) in [4.78, 5) is 41.8. The molecule has 1 spiro atoms. The molecule has 14 nitrogen and oxygen atoms in total. The van der Waals surface area contributed by atoms with Crippen molar-refractivity contribution < 1.29 is 29.1 Å². The van der Waals surface area contributed by atoms with Crippen molar-refractivity contribution in [1.82, 2.24) is 15.0 Å². The summed E-state index contributed by atoms with van der Waals surface area (Å²) in [5.74, 6) is -0.577. The van der Waals surface area contributed by atoms with Gasteiger partial charge in [-0.15, -0.1) is 5.10 Å². The van der Waals surface area contributed by atoms with Crippen LogP contribution in [0.15, 0.2) is 128 Å². The molecule has 1 fully saturated rings. The van der Waals surface area contributed by atoms with Crippen LogP contribution in [0.25, 0.3) is 0 Å². The number of nitrogen functional groups attached to an aromatic ring is 1. The summed E-state index contributed by atoms with van der Waals surface area (Å²) in [7, 11) is -0.906. The maximum absolute atomic E-state index is 15.3. The minimum absolute atomic E-state index is 0.131. The number of anilines is 3. The molecule has 0 saturated carbocycles. The maximum atomic E-state index is 15.3. The van der Waals surface area contributed by atoms with E-state index in [2.05, 4.69) is 40.9 Å². The largest absolute Gasteiger partial charge is 0.497 e. The molecule has 2 amide bonds. The van der Waals surface area contributed by atoms with E-state index in [0.29, 0.717) is 46.8 Å². The monoisotopic (exact) mass is 851 g/mol. The molecular weight excluding hydrogens is 803 g/mol. The Hall–Kier alpha value is -6.68. The number of fused-ring (bicyclic) bond motifs is 2. The summed E-state index contributed by atoms with van der Waals surface area (Å²) in [5.41, 5.74) is 8.98. The second-order valence-corrected chi connectivity index (χ2v) is 21.3. The standard InChI is InChI=1S/C47H49N7O7Si/c1-30-44(62(3,4)38-21-19-37(60-2)20-22-38)43(24-25-52-28-41(50-51-52)39(29-55)32-8-6-5-7-9-32)61-47(30)40-26-36(54(58)59)18-23-42(40)53(46(47)57)27-31-10-16-35(17-11-31)49-45(56)33-12-14-34(48)15-13-33/h5-23,26,28,30,39,43-44,55H,24-25,27,29,48H2,1-4H3,(H,49,56)/t30-,39?,43+,44-,47+/m0/s1. The van der Waals surface area contributed by atoms with Crippen molar-refractivity contribution in [3.8, 4) is 5.75 Å². The van der Waals surface area contributed by atoms with E-state index in [1.165, 1.54) is 12.1 Å². The molecule has 1 saturated heterocycles. The Morgan fingerprint density at radius 1 is 1.02 bits per heavy atom. The topological polar surface area (TPSA) is 188 Å². The number of nitro benzene ring substituents is 1. The smallest absolute Gasteiger partial charge is 0.269 e. The van der Waals surface area contributed by atoms with Gasteiger partial charge in [0, 0.05) is 53.3 Å². The first-order valence-electron chi connectivity index (χ1n) is 20.6. The number of non-ortho nitro benzene ring substituents is 1. The highest BCUT2D eigenvalue weighted by Crippen LogP contribution is 2.60. The summed E-state index contributed by atoms with van der Waals surface area (Å²) < 4.78 is 14.5. The molecular formula is C47H49N7O7Si. The molecule has 62 heavy (non-hydrogen) atoms. The SMILES string of the molecule is COc1ccc([Si](C)(C)[C@@H]2[C@@H](CCn3cc(C(CO)c4ccccc4)nn3)O[C@]3(C(=O)N(Cc4ccc(NC(=O)c5ccc(N)cc5)cc4)c4ccc([N+](=O)[O-])cc43)[C@H]2C)cc1. The average molecular weight is 852 g/mol. The first-order chi connectivity index (χ1) is 29.8. The zero-order valence-corrected chi connectivity index (χ0v) is 36.0. The number of nitro groups is 1. The number of aryl methyl sites for hydroxylation is 1. The van der Waals surface area contributed by atoms with Crippen LogP contribution in [0.2, 0.25) is 18.6 Å². The number of carbonyl (C=O) groups excluding carboxylic acids is 2. The van der Waals surface area contributed by atoms with Crippen molar-refractivity contribution in [3.05, 3.63) is 166 Å². The Labute approximate surface area is 360 Å². The number of benzene rings is 5. The van der Waals surface area contributed by atoms with Crippen molar-refractivity contribution in [3.63, 3.8) is 0 Å². The average Bonchev–Trinajstić information content (AvgIpc) is 3.94. The van der Waals surface area contributed by atoms with E-state index in [0.717, 1.165) is 22.1 Å². The highest BCUT2D eigenvalue weighted by atomic mass is 28.3. The molecule has 6 aromatic rings. The molecule has 2 aliphatic rings. The van der Waals surface area contributed by atoms with Gasteiger partial charge in [0.25, 0.3) is 17.5 Å². The molecule has 8 rings (SSSR count). The Kier molecular flexibility index (Phi) is 11.5. The summed E-state index contributed by atoms with van der Waals surface area (Å²) in [6.45, 7) is 7.06. The first-order valence-corrected chi connectivity index (χ1v) is 23.7. The Morgan fingerprint density at radius 3 is 2.39 bits per heavy atom. The lowest BCUT2D eigenvalue weighted by Gasteiger charge is -2.37. The maximum Gasteiger partial charge on any atom is 0.269 e. The molecule has 3 heterocycles. The van der Waals surface area contributed by atoms with Crippen LogP contribution in [0.3, 0.4) is 0 Å². The van der Waals surface area contributed by atoms with Gasteiger partial charge in [0.2, 0.25) is 0 Å². The predicted octanol–water partition coefficient (Wildman–Crippen LogP) is 7.01. The number of rotatable bonds is 14. The number of aromatic nitrogens is 3. The number of methoxy groups -OCH3 is 1. The van der Waals surface area contributed by atoms with Crippen LogP contribution in [0.1, 0.15) is 52.0 Å². The molecule has 1 unspecified atom stereocenters. The van der Waals surface area contributed by atoms with E-state index >= 15 is 4.79 Å². The third-order valence-corrected chi connectivity index (χ3v) is 17.1. The van der Waals surface area contributed by atoms with Gasteiger partial charge in [-0.2, -0.15) is 0 Å². The van der Waals surface area contributed by atoms with Crippen LogP contribution >= 0.6 is 0 Å². The molecule has 15 heteroatoms. The van der Waals surface area contributed by atoms with Crippen molar-refractivity contribution in [2.45, 2.75) is 62.7 Å². The summed E-state index contributed by atoms with van der Waals surface area (Å²) in [6.07, 6.45) is 1.87. The Morgan fingerprint density at radius 2 is 1.73 bits per heavy atom. The van der Waals surface area contributed by atoms with Crippen LogP contribution in [-0.4, -0.2) is 64.7 Å². The van der Waals surface area contributed by atoms with E-state index in [4.69, 9.17) is 15.2 Å².